The third-order valence-corrected chi connectivity index (χ3v) is 3.53. The van der Waals surface area contributed by atoms with Crippen LogP contribution < -0.4 is 0 Å². The third-order valence-electron chi connectivity index (χ3n) is 3.53. The van der Waals surface area contributed by atoms with Gasteiger partial charge >= 0.3 is 0 Å². The maximum atomic E-state index is 10.8. The number of aromatic nitrogens is 4. The molecule has 3 rings (SSSR count). The van der Waals surface area contributed by atoms with Crippen molar-refractivity contribution in [1.29, 1.82) is 0 Å². The van der Waals surface area contributed by atoms with Gasteiger partial charge in [0.15, 0.2) is 0 Å². The van der Waals surface area contributed by atoms with E-state index >= 15 is 0 Å². The Morgan fingerprint density at radius 3 is 2.90 bits per heavy atom. The van der Waals surface area contributed by atoms with Crippen molar-refractivity contribution >= 4 is 10.9 Å². The van der Waals surface area contributed by atoms with Gasteiger partial charge in [0.2, 0.25) is 0 Å². The number of benzene rings is 1. The van der Waals surface area contributed by atoms with Gasteiger partial charge in [0.25, 0.3) is 0 Å². The van der Waals surface area contributed by atoms with Crippen molar-refractivity contribution in [2.75, 3.05) is 0 Å². The van der Waals surface area contributed by atoms with E-state index in [0.29, 0.717) is 5.69 Å². The maximum absolute atomic E-state index is 10.8. The summed E-state index contributed by atoms with van der Waals surface area (Å²) in [6.45, 7) is 4.75. The van der Waals surface area contributed by atoms with Crippen LogP contribution in [-0.2, 0) is 6.54 Å². The molecule has 1 atom stereocenters. The highest BCUT2D eigenvalue weighted by atomic mass is 16.3. The molecule has 3 aromatic rings. The topological polar surface area (TPSA) is 63.8 Å². The van der Waals surface area contributed by atoms with Crippen molar-refractivity contribution in [3.05, 3.63) is 53.5 Å². The lowest BCUT2D eigenvalue weighted by molar-refractivity contribution is 0.208. The molecule has 21 heavy (non-hydrogen) atoms. The molecule has 2 aromatic heterocycles. The molecule has 1 unspecified atom stereocenters. The largest absolute Gasteiger partial charge is 0.382 e. The fourth-order valence-corrected chi connectivity index (χ4v) is 2.59. The predicted octanol–water partition coefficient (Wildman–Crippen LogP) is 2.63. The van der Waals surface area contributed by atoms with E-state index in [2.05, 4.69) is 22.2 Å². The van der Waals surface area contributed by atoms with Crippen LogP contribution in [0, 0.1) is 6.92 Å². The normalized spacial score (nSPS) is 12.7. The van der Waals surface area contributed by atoms with Crippen LogP contribution in [0.25, 0.3) is 10.9 Å². The van der Waals surface area contributed by atoms with E-state index in [-0.39, 0.29) is 0 Å². The van der Waals surface area contributed by atoms with E-state index in [4.69, 9.17) is 0 Å². The van der Waals surface area contributed by atoms with E-state index < -0.39 is 6.10 Å². The molecule has 0 fully saturated rings. The Kier molecular flexibility index (Phi) is 3.66. The fourth-order valence-electron chi connectivity index (χ4n) is 2.59. The number of nitrogens with zero attached hydrogens (tertiary/aromatic N) is 4. The van der Waals surface area contributed by atoms with E-state index in [1.807, 2.05) is 37.3 Å². The molecule has 2 heterocycles. The molecule has 0 aliphatic carbocycles. The summed E-state index contributed by atoms with van der Waals surface area (Å²) in [7, 11) is 0. The van der Waals surface area contributed by atoms with Gasteiger partial charge in [0.1, 0.15) is 6.10 Å². The number of hydrogen-bond donors (Lipinski definition) is 1. The predicted molar refractivity (Wildman–Crippen MR) is 80.9 cm³/mol. The third kappa shape index (κ3) is 2.52. The Bertz CT molecular complexity index is 766. The first-order valence-electron chi connectivity index (χ1n) is 7.13. The summed E-state index contributed by atoms with van der Waals surface area (Å²) < 4.78 is 1.76. The minimum Gasteiger partial charge on any atom is -0.382 e. The van der Waals surface area contributed by atoms with Crippen molar-refractivity contribution in [3.8, 4) is 0 Å². The number of aliphatic hydroxyl groups excluding tert-OH is 1. The molecule has 5 heteroatoms. The summed E-state index contributed by atoms with van der Waals surface area (Å²) in [4.78, 5) is 4.51. The summed E-state index contributed by atoms with van der Waals surface area (Å²) in [5.41, 5.74) is 3.34. The summed E-state index contributed by atoms with van der Waals surface area (Å²) in [5, 5.41) is 19.7. The number of pyridine rings is 1. The lowest BCUT2D eigenvalue weighted by Crippen LogP contribution is -2.11. The molecule has 1 aromatic carbocycles. The zero-order valence-electron chi connectivity index (χ0n) is 12.2. The molecular formula is C16H18N4O. The number of rotatable bonds is 4. The molecule has 0 amide bonds. The zero-order chi connectivity index (χ0) is 14.8. The standard InChI is InChI=1S/C16H18N4O/c1-3-8-20-15(10-17-19-20)16(21)13-9-11(2)18-14-7-5-4-6-12(13)14/h4-7,9-10,16,21H,3,8H2,1-2H3. The van der Waals surface area contributed by atoms with Crippen molar-refractivity contribution in [2.24, 2.45) is 0 Å². The van der Waals surface area contributed by atoms with Crippen LogP contribution in [0.1, 0.15) is 36.4 Å². The van der Waals surface area contributed by atoms with Gasteiger partial charge in [-0.05, 0) is 31.0 Å². The molecule has 0 spiro atoms. The molecule has 5 nitrogen and oxygen atoms in total. The molecule has 0 saturated carbocycles. The molecule has 1 N–H and O–H groups in total. The monoisotopic (exact) mass is 282 g/mol. The van der Waals surface area contributed by atoms with Crippen LogP contribution in [0.15, 0.2) is 36.5 Å². The van der Waals surface area contributed by atoms with E-state index in [9.17, 15) is 5.11 Å². The van der Waals surface area contributed by atoms with Crippen molar-refractivity contribution in [3.63, 3.8) is 0 Å². The van der Waals surface area contributed by atoms with E-state index in [1.165, 1.54) is 0 Å². The SMILES string of the molecule is CCCn1nncc1C(O)c1cc(C)nc2ccccc12. The molecule has 108 valence electrons. The molecule has 0 aliphatic rings. The lowest BCUT2D eigenvalue weighted by Gasteiger charge is -2.15. The summed E-state index contributed by atoms with van der Waals surface area (Å²) in [6, 6.07) is 9.77. The van der Waals surface area contributed by atoms with Crippen LogP contribution in [0.3, 0.4) is 0 Å². The van der Waals surface area contributed by atoms with Crippen LogP contribution in [0.5, 0.6) is 0 Å². The Labute approximate surface area is 123 Å². The summed E-state index contributed by atoms with van der Waals surface area (Å²) >= 11 is 0. The molecule has 0 bridgehead atoms. The van der Waals surface area contributed by atoms with Gasteiger partial charge in [-0.2, -0.15) is 0 Å². The highest BCUT2D eigenvalue weighted by Gasteiger charge is 2.19. The quantitative estimate of drug-likeness (QED) is 0.799. The second-order valence-corrected chi connectivity index (χ2v) is 5.15. The molecule has 0 radical (unpaired) electrons. The average Bonchev–Trinajstić information content (AvgIpc) is 2.94. The highest BCUT2D eigenvalue weighted by Crippen LogP contribution is 2.28. The number of para-hydroxylation sites is 1. The zero-order valence-corrected chi connectivity index (χ0v) is 12.2. The van der Waals surface area contributed by atoms with Crippen molar-refractivity contribution in [2.45, 2.75) is 32.9 Å². The van der Waals surface area contributed by atoms with E-state index in [0.717, 1.165) is 35.1 Å². The van der Waals surface area contributed by atoms with Crippen LogP contribution in [0.2, 0.25) is 0 Å². The Morgan fingerprint density at radius 2 is 2.10 bits per heavy atom. The molecule has 0 saturated heterocycles. The second kappa shape index (κ2) is 5.61. The van der Waals surface area contributed by atoms with Crippen molar-refractivity contribution in [1.82, 2.24) is 20.0 Å². The lowest BCUT2D eigenvalue weighted by atomic mass is 10.0. The summed E-state index contributed by atoms with van der Waals surface area (Å²) in [6.07, 6.45) is 1.82. The fraction of sp³-hybridized carbons (Fsp3) is 0.312. The second-order valence-electron chi connectivity index (χ2n) is 5.15. The number of hydrogen-bond acceptors (Lipinski definition) is 4. The minimum atomic E-state index is -0.752. The highest BCUT2D eigenvalue weighted by molar-refractivity contribution is 5.83. The van der Waals surface area contributed by atoms with Crippen molar-refractivity contribution < 1.29 is 5.11 Å². The van der Waals surface area contributed by atoms with Crippen LogP contribution >= 0.6 is 0 Å². The van der Waals surface area contributed by atoms with Gasteiger partial charge in [-0.25, -0.2) is 4.68 Å². The molecule has 0 aliphatic heterocycles. The number of aliphatic hydroxyl groups is 1. The number of aryl methyl sites for hydroxylation is 2. The Balaban J connectivity index is 2.13. The van der Waals surface area contributed by atoms with Gasteiger partial charge in [-0.15, -0.1) is 5.10 Å². The average molecular weight is 282 g/mol. The Hall–Kier alpha value is -2.27. The van der Waals surface area contributed by atoms with Gasteiger partial charge in [-0.3, -0.25) is 4.98 Å². The van der Waals surface area contributed by atoms with E-state index in [1.54, 1.807) is 10.9 Å². The molecular weight excluding hydrogens is 264 g/mol. The first-order chi connectivity index (χ1) is 10.2. The minimum absolute atomic E-state index is 0.715. The Morgan fingerprint density at radius 1 is 1.29 bits per heavy atom. The number of fused-ring (bicyclic) bond motifs is 1. The van der Waals surface area contributed by atoms with Crippen LogP contribution in [0.4, 0.5) is 0 Å². The first kappa shape index (κ1) is 13.7. The summed E-state index contributed by atoms with van der Waals surface area (Å²) in [5.74, 6) is 0. The smallest absolute Gasteiger partial charge is 0.123 e. The van der Waals surface area contributed by atoms with Gasteiger partial charge in [0, 0.05) is 17.6 Å². The maximum Gasteiger partial charge on any atom is 0.123 e. The van der Waals surface area contributed by atoms with Crippen LogP contribution in [-0.4, -0.2) is 25.1 Å². The van der Waals surface area contributed by atoms with Gasteiger partial charge < -0.3 is 5.11 Å². The van der Waals surface area contributed by atoms with Gasteiger partial charge in [0.05, 0.1) is 17.4 Å². The van der Waals surface area contributed by atoms with Gasteiger partial charge in [-0.1, -0.05) is 30.3 Å². The first-order valence-corrected chi connectivity index (χ1v) is 7.13.